The van der Waals surface area contributed by atoms with Crippen LogP contribution in [0.15, 0.2) is 36.4 Å². The van der Waals surface area contributed by atoms with Gasteiger partial charge in [0.2, 0.25) is 0 Å². The average molecular weight is 194 g/mol. The van der Waals surface area contributed by atoms with Crippen molar-refractivity contribution in [3.63, 3.8) is 0 Å². The first-order valence-electron chi connectivity index (χ1n) is 5.44. The molecule has 0 heteroatoms. The maximum Gasteiger partial charge on any atom is -0.00107 e. The molecule has 0 amide bonds. The van der Waals surface area contributed by atoms with Crippen molar-refractivity contribution in [3.8, 4) is 11.1 Å². The fourth-order valence-electron chi connectivity index (χ4n) is 2.51. The molecule has 74 valence electrons. The van der Waals surface area contributed by atoms with Crippen LogP contribution >= 0.6 is 0 Å². The molecule has 3 rings (SSSR count). The van der Waals surface area contributed by atoms with Crippen LogP contribution in [0.4, 0.5) is 0 Å². The smallest absolute Gasteiger partial charge is 0.00107 e. The second kappa shape index (κ2) is 2.96. The van der Waals surface area contributed by atoms with Crippen molar-refractivity contribution in [2.24, 2.45) is 0 Å². The summed E-state index contributed by atoms with van der Waals surface area (Å²) >= 11 is 0. The molecule has 0 atom stereocenters. The summed E-state index contributed by atoms with van der Waals surface area (Å²) in [5.74, 6) is 0. The zero-order chi connectivity index (χ0) is 10.4. The normalized spacial score (nSPS) is 12.4. The molecule has 0 saturated carbocycles. The zero-order valence-corrected chi connectivity index (χ0v) is 9.17. The average Bonchev–Trinajstić information content (AvgIpc) is 2.57. The summed E-state index contributed by atoms with van der Waals surface area (Å²) in [5.41, 5.74) is 8.64. The molecule has 0 nitrogen and oxygen atoms in total. The van der Waals surface area contributed by atoms with Crippen LogP contribution in [0.1, 0.15) is 22.3 Å². The van der Waals surface area contributed by atoms with E-state index in [9.17, 15) is 0 Å². The summed E-state index contributed by atoms with van der Waals surface area (Å²) in [4.78, 5) is 0. The van der Waals surface area contributed by atoms with Gasteiger partial charge in [0.25, 0.3) is 0 Å². The van der Waals surface area contributed by atoms with E-state index in [1.54, 1.807) is 0 Å². The Balaban J connectivity index is 2.28. The third-order valence-electron chi connectivity index (χ3n) is 3.33. The van der Waals surface area contributed by atoms with Crippen LogP contribution < -0.4 is 0 Å². The quantitative estimate of drug-likeness (QED) is 0.509. The van der Waals surface area contributed by atoms with E-state index in [2.05, 4.69) is 50.2 Å². The van der Waals surface area contributed by atoms with Crippen LogP contribution in [0.3, 0.4) is 0 Å². The van der Waals surface area contributed by atoms with E-state index >= 15 is 0 Å². The van der Waals surface area contributed by atoms with Crippen LogP contribution in [-0.2, 0) is 6.42 Å². The Morgan fingerprint density at radius 1 is 0.933 bits per heavy atom. The minimum atomic E-state index is 1.11. The molecule has 1 aliphatic carbocycles. The van der Waals surface area contributed by atoms with Gasteiger partial charge in [-0.3, -0.25) is 0 Å². The molecule has 0 N–H and O–H groups in total. The van der Waals surface area contributed by atoms with Crippen LogP contribution in [-0.4, -0.2) is 0 Å². The molecular weight excluding hydrogens is 180 g/mol. The van der Waals surface area contributed by atoms with E-state index in [-0.39, 0.29) is 0 Å². The van der Waals surface area contributed by atoms with Gasteiger partial charge < -0.3 is 0 Å². The fraction of sp³-hybridized carbons (Fsp3) is 0.200. The lowest BCUT2D eigenvalue weighted by atomic mass is 10.0. The summed E-state index contributed by atoms with van der Waals surface area (Å²) in [6.45, 7) is 4.37. The van der Waals surface area contributed by atoms with Crippen LogP contribution in [0.5, 0.6) is 0 Å². The number of benzene rings is 2. The molecule has 0 spiro atoms. The Bertz CT molecular complexity index is 536. The first-order valence-corrected chi connectivity index (χ1v) is 5.44. The molecule has 2 aromatic rings. The summed E-state index contributed by atoms with van der Waals surface area (Å²) < 4.78 is 0. The maximum atomic E-state index is 2.31. The van der Waals surface area contributed by atoms with Gasteiger partial charge in [-0.05, 0) is 48.1 Å². The SMILES string of the molecule is Cc1ccc2c(c1)Cc1c(C)cccc1-2. The van der Waals surface area contributed by atoms with Crippen LogP contribution in [0.2, 0.25) is 0 Å². The molecule has 0 radical (unpaired) electrons. The highest BCUT2D eigenvalue weighted by Gasteiger charge is 2.18. The van der Waals surface area contributed by atoms with Gasteiger partial charge in [-0.2, -0.15) is 0 Å². The molecule has 0 heterocycles. The summed E-state index contributed by atoms with van der Waals surface area (Å²) in [6.07, 6.45) is 1.11. The maximum absolute atomic E-state index is 2.31. The molecule has 0 unspecified atom stereocenters. The van der Waals surface area contributed by atoms with E-state index in [1.165, 1.54) is 33.4 Å². The number of hydrogen-bond acceptors (Lipinski definition) is 0. The second-order valence-corrected chi connectivity index (χ2v) is 4.44. The monoisotopic (exact) mass is 194 g/mol. The molecule has 0 bridgehead atoms. The summed E-state index contributed by atoms with van der Waals surface area (Å²) in [7, 11) is 0. The zero-order valence-electron chi connectivity index (χ0n) is 9.17. The Morgan fingerprint density at radius 3 is 2.67 bits per heavy atom. The molecular formula is C15H14. The molecule has 15 heavy (non-hydrogen) atoms. The number of hydrogen-bond donors (Lipinski definition) is 0. The lowest BCUT2D eigenvalue weighted by Gasteiger charge is -2.02. The van der Waals surface area contributed by atoms with E-state index < -0.39 is 0 Å². The Labute approximate surface area is 90.6 Å². The van der Waals surface area contributed by atoms with Crippen molar-refractivity contribution in [1.29, 1.82) is 0 Å². The third-order valence-corrected chi connectivity index (χ3v) is 3.33. The summed E-state index contributed by atoms with van der Waals surface area (Å²) in [6, 6.07) is 13.4. The fourth-order valence-corrected chi connectivity index (χ4v) is 2.51. The van der Waals surface area contributed by atoms with Crippen LogP contribution in [0.25, 0.3) is 11.1 Å². The largest absolute Gasteiger partial charge is 0.0614 e. The minimum absolute atomic E-state index is 1.11. The van der Waals surface area contributed by atoms with E-state index in [0.29, 0.717) is 0 Å². The first kappa shape index (κ1) is 8.72. The molecule has 0 saturated heterocycles. The van der Waals surface area contributed by atoms with Crippen molar-refractivity contribution in [1.82, 2.24) is 0 Å². The Kier molecular flexibility index (Phi) is 1.72. The Hall–Kier alpha value is -1.56. The van der Waals surface area contributed by atoms with E-state index in [1.807, 2.05) is 0 Å². The highest BCUT2D eigenvalue weighted by Crippen LogP contribution is 2.38. The predicted molar refractivity (Wildman–Crippen MR) is 64.2 cm³/mol. The highest BCUT2D eigenvalue weighted by atomic mass is 14.2. The molecule has 1 aliphatic rings. The highest BCUT2D eigenvalue weighted by molar-refractivity contribution is 5.78. The van der Waals surface area contributed by atoms with Gasteiger partial charge in [0.1, 0.15) is 0 Å². The molecule has 2 aromatic carbocycles. The van der Waals surface area contributed by atoms with Gasteiger partial charge in [0, 0.05) is 0 Å². The Morgan fingerprint density at radius 2 is 1.80 bits per heavy atom. The van der Waals surface area contributed by atoms with Gasteiger partial charge >= 0.3 is 0 Å². The third kappa shape index (κ3) is 1.21. The van der Waals surface area contributed by atoms with Crippen molar-refractivity contribution < 1.29 is 0 Å². The van der Waals surface area contributed by atoms with Crippen molar-refractivity contribution in [3.05, 3.63) is 58.7 Å². The molecule has 0 aliphatic heterocycles. The van der Waals surface area contributed by atoms with Gasteiger partial charge in [0.15, 0.2) is 0 Å². The summed E-state index contributed by atoms with van der Waals surface area (Å²) in [5, 5.41) is 0. The second-order valence-electron chi connectivity index (χ2n) is 4.44. The van der Waals surface area contributed by atoms with Crippen molar-refractivity contribution in [2.75, 3.05) is 0 Å². The van der Waals surface area contributed by atoms with Crippen molar-refractivity contribution >= 4 is 0 Å². The topological polar surface area (TPSA) is 0 Å². The standard InChI is InChI=1S/C15H14/c1-10-6-7-13-12(8-10)9-15-11(2)4-3-5-14(13)15/h3-8H,9H2,1-2H3. The number of rotatable bonds is 0. The number of fused-ring (bicyclic) bond motifs is 3. The lowest BCUT2D eigenvalue weighted by molar-refractivity contribution is 1.21. The van der Waals surface area contributed by atoms with E-state index in [4.69, 9.17) is 0 Å². The van der Waals surface area contributed by atoms with E-state index in [0.717, 1.165) is 6.42 Å². The predicted octanol–water partition coefficient (Wildman–Crippen LogP) is 3.87. The first-order chi connectivity index (χ1) is 7.25. The number of aryl methyl sites for hydroxylation is 2. The van der Waals surface area contributed by atoms with Crippen LogP contribution in [0, 0.1) is 13.8 Å². The lowest BCUT2D eigenvalue weighted by Crippen LogP contribution is -1.84. The van der Waals surface area contributed by atoms with Gasteiger partial charge in [-0.15, -0.1) is 0 Å². The van der Waals surface area contributed by atoms with Gasteiger partial charge in [-0.25, -0.2) is 0 Å². The van der Waals surface area contributed by atoms with Gasteiger partial charge in [0.05, 0.1) is 0 Å². The molecule has 0 aromatic heterocycles. The minimum Gasteiger partial charge on any atom is -0.0614 e. The van der Waals surface area contributed by atoms with Crippen molar-refractivity contribution in [2.45, 2.75) is 20.3 Å². The molecule has 0 fully saturated rings. The van der Waals surface area contributed by atoms with Gasteiger partial charge in [-0.1, -0.05) is 42.0 Å².